The van der Waals surface area contributed by atoms with Crippen LogP contribution in [0.25, 0.3) is 22.4 Å². The van der Waals surface area contributed by atoms with Crippen molar-refractivity contribution in [3.8, 4) is 17.1 Å². The second-order valence-corrected chi connectivity index (χ2v) is 4.50. The number of halogens is 2. The van der Waals surface area contributed by atoms with Crippen molar-refractivity contribution in [1.82, 2.24) is 9.97 Å². The van der Waals surface area contributed by atoms with E-state index in [1.165, 1.54) is 12.1 Å². The Morgan fingerprint density at radius 3 is 2.79 bits per heavy atom. The lowest BCUT2D eigenvalue weighted by Gasteiger charge is -1.98. The van der Waals surface area contributed by atoms with Gasteiger partial charge in [0.15, 0.2) is 0 Å². The number of benzene rings is 2. The number of ether oxygens (including phenoxy) is 1. The van der Waals surface area contributed by atoms with Crippen molar-refractivity contribution in [2.24, 2.45) is 0 Å². The molecule has 5 heteroatoms. The van der Waals surface area contributed by atoms with Crippen molar-refractivity contribution in [2.45, 2.75) is 0 Å². The predicted molar refractivity (Wildman–Crippen MR) is 73.0 cm³/mol. The highest BCUT2D eigenvalue weighted by Crippen LogP contribution is 2.26. The number of nitrogens with one attached hydrogen (secondary N) is 1. The van der Waals surface area contributed by atoms with Crippen LogP contribution < -0.4 is 4.74 Å². The molecule has 0 saturated heterocycles. The molecule has 1 N–H and O–H groups in total. The highest BCUT2D eigenvalue weighted by Gasteiger charge is 2.08. The molecule has 19 heavy (non-hydrogen) atoms. The summed E-state index contributed by atoms with van der Waals surface area (Å²) < 4.78 is 18.6. The van der Waals surface area contributed by atoms with Crippen molar-refractivity contribution < 1.29 is 9.13 Å². The van der Waals surface area contributed by atoms with Gasteiger partial charge in [-0.25, -0.2) is 9.37 Å². The van der Waals surface area contributed by atoms with Crippen LogP contribution in [0.2, 0.25) is 5.02 Å². The molecule has 2 aromatic carbocycles. The molecule has 0 unspecified atom stereocenters. The van der Waals surface area contributed by atoms with Crippen LogP contribution in [-0.2, 0) is 0 Å². The van der Waals surface area contributed by atoms with E-state index < -0.39 is 5.82 Å². The minimum Gasteiger partial charge on any atom is -0.497 e. The smallest absolute Gasteiger partial charge is 0.142 e. The average Bonchev–Trinajstić information content (AvgIpc) is 2.84. The first kappa shape index (κ1) is 12.0. The number of aromatic amines is 1. The zero-order valence-electron chi connectivity index (χ0n) is 10.1. The normalized spacial score (nSPS) is 10.9. The van der Waals surface area contributed by atoms with Gasteiger partial charge in [-0.05, 0) is 30.3 Å². The summed E-state index contributed by atoms with van der Waals surface area (Å²) in [6.45, 7) is 0. The standard InChI is InChI=1S/C14H10ClFN2O/c1-19-9-3-5-12-13(7-9)18-14(17-12)8-2-4-10(15)11(16)6-8/h2-7H,1H3,(H,17,18). The van der Waals surface area contributed by atoms with Gasteiger partial charge in [0.2, 0.25) is 0 Å². The maximum atomic E-state index is 13.4. The van der Waals surface area contributed by atoms with Gasteiger partial charge in [0, 0.05) is 11.6 Å². The number of nitrogens with zero attached hydrogens (tertiary/aromatic N) is 1. The van der Waals surface area contributed by atoms with Gasteiger partial charge in [0.05, 0.1) is 23.2 Å². The van der Waals surface area contributed by atoms with Crippen LogP contribution in [-0.4, -0.2) is 17.1 Å². The quantitative estimate of drug-likeness (QED) is 0.767. The van der Waals surface area contributed by atoms with E-state index >= 15 is 0 Å². The minimum absolute atomic E-state index is 0.0986. The highest BCUT2D eigenvalue weighted by molar-refractivity contribution is 6.30. The fourth-order valence-corrected chi connectivity index (χ4v) is 2.01. The van der Waals surface area contributed by atoms with Gasteiger partial charge in [0.25, 0.3) is 0 Å². The number of imidazole rings is 1. The summed E-state index contributed by atoms with van der Waals surface area (Å²) in [5.41, 5.74) is 2.29. The predicted octanol–water partition coefficient (Wildman–Crippen LogP) is 4.03. The molecule has 0 atom stereocenters. The molecule has 0 aliphatic carbocycles. The van der Waals surface area contributed by atoms with E-state index in [0.717, 1.165) is 16.8 Å². The first-order chi connectivity index (χ1) is 9.17. The summed E-state index contributed by atoms with van der Waals surface area (Å²) in [6, 6.07) is 10.1. The molecule has 0 radical (unpaired) electrons. The fraction of sp³-hybridized carbons (Fsp3) is 0.0714. The van der Waals surface area contributed by atoms with Crippen molar-refractivity contribution in [3.63, 3.8) is 0 Å². The lowest BCUT2D eigenvalue weighted by molar-refractivity contribution is 0.415. The molecule has 0 aliphatic rings. The summed E-state index contributed by atoms with van der Waals surface area (Å²) in [5, 5.41) is 0.0986. The van der Waals surface area contributed by atoms with Crippen LogP contribution in [0.1, 0.15) is 0 Å². The lowest BCUT2D eigenvalue weighted by Crippen LogP contribution is -1.83. The molecule has 0 saturated carbocycles. The molecule has 0 fully saturated rings. The van der Waals surface area contributed by atoms with E-state index in [2.05, 4.69) is 9.97 Å². The summed E-state index contributed by atoms with van der Waals surface area (Å²) in [6.07, 6.45) is 0. The molecule has 1 heterocycles. The van der Waals surface area contributed by atoms with Gasteiger partial charge in [-0.15, -0.1) is 0 Å². The van der Waals surface area contributed by atoms with E-state index in [1.54, 1.807) is 13.2 Å². The van der Waals surface area contributed by atoms with E-state index in [1.807, 2.05) is 18.2 Å². The van der Waals surface area contributed by atoms with E-state index in [0.29, 0.717) is 11.4 Å². The molecule has 1 aromatic heterocycles. The third-order valence-electron chi connectivity index (χ3n) is 2.88. The summed E-state index contributed by atoms with van der Waals surface area (Å²) in [5.74, 6) is 0.876. The van der Waals surface area contributed by atoms with Gasteiger partial charge in [-0.3, -0.25) is 0 Å². The molecule has 0 amide bonds. The second-order valence-electron chi connectivity index (χ2n) is 4.10. The van der Waals surface area contributed by atoms with Crippen LogP contribution >= 0.6 is 11.6 Å². The molecule has 3 nitrogen and oxygen atoms in total. The molecule has 3 rings (SSSR count). The van der Waals surface area contributed by atoms with Gasteiger partial charge in [-0.2, -0.15) is 0 Å². The highest BCUT2D eigenvalue weighted by atomic mass is 35.5. The van der Waals surface area contributed by atoms with E-state index in [9.17, 15) is 4.39 Å². The molecule has 0 spiro atoms. The number of fused-ring (bicyclic) bond motifs is 1. The second kappa shape index (κ2) is 4.55. The third-order valence-corrected chi connectivity index (χ3v) is 3.19. The van der Waals surface area contributed by atoms with Crippen molar-refractivity contribution in [3.05, 3.63) is 47.2 Å². The Bertz CT molecular complexity index is 754. The van der Waals surface area contributed by atoms with Crippen LogP contribution in [0, 0.1) is 5.82 Å². The van der Waals surface area contributed by atoms with Crippen LogP contribution in [0.3, 0.4) is 0 Å². The number of hydrogen-bond donors (Lipinski definition) is 1. The molecule has 3 aromatic rings. The Balaban J connectivity index is 2.11. The fourth-order valence-electron chi connectivity index (χ4n) is 1.90. The van der Waals surface area contributed by atoms with Gasteiger partial charge >= 0.3 is 0 Å². The SMILES string of the molecule is COc1ccc2nc(-c3ccc(Cl)c(F)c3)[nH]c2c1. The summed E-state index contributed by atoms with van der Waals surface area (Å²) in [4.78, 5) is 7.54. The van der Waals surface area contributed by atoms with Crippen LogP contribution in [0.15, 0.2) is 36.4 Å². The Hall–Kier alpha value is -2.07. The van der Waals surface area contributed by atoms with Crippen LogP contribution in [0.5, 0.6) is 5.75 Å². The summed E-state index contributed by atoms with van der Waals surface area (Å²) in [7, 11) is 1.60. The number of aromatic nitrogens is 2. The number of methoxy groups -OCH3 is 1. The Morgan fingerprint density at radius 1 is 1.21 bits per heavy atom. The molecule has 0 aliphatic heterocycles. The lowest BCUT2D eigenvalue weighted by atomic mass is 10.2. The van der Waals surface area contributed by atoms with Gasteiger partial charge in [0.1, 0.15) is 17.4 Å². The number of H-pyrrole nitrogens is 1. The Kier molecular flexibility index (Phi) is 2.87. The zero-order chi connectivity index (χ0) is 13.4. The average molecular weight is 277 g/mol. The van der Waals surface area contributed by atoms with Crippen molar-refractivity contribution in [1.29, 1.82) is 0 Å². The third kappa shape index (κ3) is 2.15. The first-order valence-corrected chi connectivity index (χ1v) is 6.04. The maximum Gasteiger partial charge on any atom is 0.142 e. The Labute approximate surface area is 114 Å². The number of hydrogen-bond acceptors (Lipinski definition) is 2. The molecule has 0 bridgehead atoms. The largest absolute Gasteiger partial charge is 0.497 e. The van der Waals surface area contributed by atoms with Gasteiger partial charge < -0.3 is 9.72 Å². The van der Waals surface area contributed by atoms with Crippen molar-refractivity contribution in [2.75, 3.05) is 7.11 Å². The van der Waals surface area contributed by atoms with E-state index in [4.69, 9.17) is 16.3 Å². The molecule has 96 valence electrons. The minimum atomic E-state index is -0.461. The zero-order valence-corrected chi connectivity index (χ0v) is 10.8. The Morgan fingerprint density at radius 2 is 2.05 bits per heavy atom. The topological polar surface area (TPSA) is 37.9 Å². The van der Waals surface area contributed by atoms with Crippen molar-refractivity contribution >= 4 is 22.6 Å². The summed E-state index contributed by atoms with van der Waals surface area (Å²) >= 11 is 5.66. The first-order valence-electron chi connectivity index (χ1n) is 5.66. The van der Waals surface area contributed by atoms with Crippen LogP contribution in [0.4, 0.5) is 4.39 Å². The van der Waals surface area contributed by atoms with Gasteiger partial charge in [-0.1, -0.05) is 11.6 Å². The number of rotatable bonds is 2. The molecular weight excluding hydrogens is 267 g/mol. The van der Waals surface area contributed by atoms with E-state index in [-0.39, 0.29) is 5.02 Å². The monoisotopic (exact) mass is 276 g/mol. The molecular formula is C14H10ClFN2O. The maximum absolute atomic E-state index is 13.4.